The Morgan fingerprint density at radius 3 is 2.60 bits per heavy atom. The van der Waals surface area contributed by atoms with Crippen molar-refractivity contribution in [1.29, 1.82) is 0 Å². The maximum absolute atomic E-state index is 12.6. The zero-order chi connectivity index (χ0) is 17.4. The van der Waals surface area contributed by atoms with Crippen LogP contribution in [0.25, 0.3) is 10.9 Å². The molecule has 126 valence electrons. The fourth-order valence-electron chi connectivity index (χ4n) is 3.29. The van der Waals surface area contributed by atoms with Crippen LogP contribution in [0.2, 0.25) is 0 Å². The first kappa shape index (κ1) is 15.4. The van der Waals surface area contributed by atoms with Crippen LogP contribution in [-0.4, -0.2) is 28.6 Å². The van der Waals surface area contributed by atoms with Gasteiger partial charge in [-0.2, -0.15) is 5.06 Å². The Kier molecular flexibility index (Phi) is 3.74. The van der Waals surface area contributed by atoms with Gasteiger partial charge in [-0.25, -0.2) is 0 Å². The summed E-state index contributed by atoms with van der Waals surface area (Å²) in [6.07, 6.45) is -0.420. The number of anilines is 1. The first-order chi connectivity index (χ1) is 12.2. The smallest absolute Gasteiger partial charge is 0.296 e. The molecule has 0 radical (unpaired) electrons. The predicted octanol–water partition coefficient (Wildman–Crippen LogP) is 3.19. The molecular weight excluding hydrogens is 318 g/mol. The van der Waals surface area contributed by atoms with Crippen LogP contribution < -0.4 is 5.32 Å². The molecule has 0 saturated heterocycles. The van der Waals surface area contributed by atoms with Gasteiger partial charge in [0.1, 0.15) is 11.9 Å². The number of carbonyl (C=O) groups is 2. The lowest BCUT2D eigenvalue weighted by molar-refractivity contribution is -0.141. The number of carbonyl (C=O) groups excluding carboxylic acids is 2. The van der Waals surface area contributed by atoms with Gasteiger partial charge in [-0.1, -0.05) is 36.4 Å². The third-order valence-electron chi connectivity index (χ3n) is 4.36. The molecule has 4 rings (SSSR count). The molecule has 0 saturated carbocycles. The van der Waals surface area contributed by atoms with Crippen LogP contribution in [0.15, 0.2) is 60.7 Å². The highest BCUT2D eigenvalue weighted by Gasteiger charge is 2.39. The zero-order valence-electron chi connectivity index (χ0n) is 13.7. The molecule has 1 atom stereocenters. The van der Waals surface area contributed by atoms with E-state index in [2.05, 4.69) is 5.32 Å². The molecule has 3 aromatic rings. The lowest BCUT2D eigenvalue weighted by Crippen LogP contribution is -2.31. The summed E-state index contributed by atoms with van der Waals surface area (Å²) in [6.45, 7) is 0. The van der Waals surface area contributed by atoms with Crippen molar-refractivity contribution < 1.29 is 14.4 Å². The van der Waals surface area contributed by atoms with Gasteiger partial charge in [-0.05, 0) is 24.3 Å². The highest BCUT2D eigenvalue weighted by Crippen LogP contribution is 2.35. The summed E-state index contributed by atoms with van der Waals surface area (Å²) in [5.41, 5.74) is 2.15. The van der Waals surface area contributed by atoms with E-state index in [1.54, 1.807) is 0 Å². The van der Waals surface area contributed by atoms with Gasteiger partial charge in [0.2, 0.25) is 5.91 Å². The van der Waals surface area contributed by atoms with E-state index in [0.29, 0.717) is 5.69 Å². The Morgan fingerprint density at radius 1 is 1.12 bits per heavy atom. The SMILES string of the molecule is CON1C(=O)c2cc3ccccc3n2C1CC(=O)Nc1ccccc1. The van der Waals surface area contributed by atoms with Gasteiger partial charge in [-0.3, -0.25) is 14.4 Å². The first-order valence-corrected chi connectivity index (χ1v) is 8.01. The van der Waals surface area contributed by atoms with Crippen LogP contribution in [0.3, 0.4) is 0 Å². The molecule has 0 aliphatic carbocycles. The second-order valence-corrected chi connectivity index (χ2v) is 5.87. The number of para-hydroxylation sites is 2. The Balaban J connectivity index is 1.66. The number of hydrogen-bond donors (Lipinski definition) is 1. The summed E-state index contributed by atoms with van der Waals surface area (Å²) in [5, 5.41) is 5.08. The lowest BCUT2D eigenvalue weighted by Gasteiger charge is -2.23. The molecule has 1 unspecified atom stereocenters. The van der Waals surface area contributed by atoms with Crippen molar-refractivity contribution in [3.05, 3.63) is 66.4 Å². The average Bonchev–Trinajstić information content (AvgIpc) is 3.12. The molecule has 6 nitrogen and oxygen atoms in total. The molecule has 2 heterocycles. The second kappa shape index (κ2) is 6.07. The molecule has 0 fully saturated rings. The molecule has 2 amide bonds. The van der Waals surface area contributed by atoms with Gasteiger partial charge < -0.3 is 9.88 Å². The third kappa shape index (κ3) is 2.56. The molecule has 1 N–H and O–H groups in total. The number of nitrogens with one attached hydrogen (secondary N) is 1. The van der Waals surface area contributed by atoms with E-state index in [-0.39, 0.29) is 18.2 Å². The number of rotatable bonds is 4. The fourth-order valence-corrected chi connectivity index (χ4v) is 3.29. The summed E-state index contributed by atoms with van der Waals surface area (Å²) in [5.74, 6) is -0.423. The summed E-state index contributed by atoms with van der Waals surface area (Å²) >= 11 is 0. The van der Waals surface area contributed by atoms with E-state index in [4.69, 9.17) is 4.84 Å². The maximum Gasteiger partial charge on any atom is 0.296 e. The summed E-state index contributed by atoms with van der Waals surface area (Å²) in [4.78, 5) is 30.3. The highest BCUT2D eigenvalue weighted by atomic mass is 16.7. The van der Waals surface area contributed by atoms with Crippen molar-refractivity contribution in [1.82, 2.24) is 9.63 Å². The summed E-state index contributed by atoms with van der Waals surface area (Å²) < 4.78 is 1.87. The lowest BCUT2D eigenvalue weighted by atomic mass is 10.2. The Hall–Kier alpha value is -3.12. The minimum Gasteiger partial charge on any atom is -0.326 e. The van der Waals surface area contributed by atoms with Crippen molar-refractivity contribution in [2.75, 3.05) is 12.4 Å². The van der Waals surface area contributed by atoms with Crippen LogP contribution in [0.1, 0.15) is 23.1 Å². The third-order valence-corrected chi connectivity index (χ3v) is 4.36. The Morgan fingerprint density at radius 2 is 1.84 bits per heavy atom. The molecule has 1 aliphatic heterocycles. The van der Waals surface area contributed by atoms with Crippen LogP contribution in [0, 0.1) is 0 Å². The van der Waals surface area contributed by atoms with E-state index in [0.717, 1.165) is 16.6 Å². The number of fused-ring (bicyclic) bond motifs is 3. The fraction of sp³-hybridized carbons (Fsp3) is 0.158. The van der Waals surface area contributed by atoms with Crippen molar-refractivity contribution in [2.24, 2.45) is 0 Å². The van der Waals surface area contributed by atoms with Gasteiger partial charge >= 0.3 is 0 Å². The zero-order valence-corrected chi connectivity index (χ0v) is 13.7. The van der Waals surface area contributed by atoms with Gasteiger partial charge in [0, 0.05) is 11.1 Å². The quantitative estimate of drug-likeness (QED) is 0.796. The second-order valence-electron chi connectivity index (χ2n) is 5.87. The predicted molar refractivity (Wildman–Crippen MR) is 93.8 cm³/mol. The van der Waals surface area contributed by atoms with Crippen LogP contribution in [0.5, 0.6) is 0 Å². The van der Waals surface area contributed by atoms with Gasteiger partial charge in [0.05, 0.1) is 19.0 Å². The first-order valence-electron chi connectivity index (χ1n) is 8.01. The van der Waals surface area contributed by atoms with E-state index in [1.807, 2.05) is 65.2 Å². The van der Waals surface area contributed by atoms with E-state index >= 15 is 0 Å². The molecule has 1 aromatic heterocycles. The Bertz CT molecular complexity index is 949. The van der Waals surface area contributed by atoms with Crippen molar-refractivity contribution in [3.63, 3.8) is 0 Å². The van der Waals surface area contributed by atoms with E-state index in [1.165, 1.54) is 12.2 Å². The molecule has 2 aromatic carbocycles. The number of hydroxylamine groups is 2. The Labute approximate surface area is 144 Å². The summed E-state index contributed by atoms with van der Waals surface area (Å²) in [6, 6.07) is 18.8. The maximum atomic E-state index is 12.6. The molecule has 6 heteroatoms. The largest absolute Gasteiger partial charge is 0.326 e. The summed E-state index contributed by atoms with van der Waals surface area (Å²) in [7, 11) is 1.44. The van der Waals surface area contributed by atoms with Crippen molar-refractivity contribution in [2.45, 2.75) is 12.6 Å². The normalized spacial score (nSPS) is 16.3. The number of amides is 2. The van der Waals surface area contributed by atoms with Crippen LogP contribution >= 0.6 is 0 Å². The van der Waals surface area contributed by atoms with E-state index in [9.17, 15) is 9.59 Å². The van der Waals surface area contributed by atoms with Crippen molar-refractivity contribution in [3.8, 4) is 0 Å². The van der Waals surface area contributed by atoms with Crippen LogP contribution in [-0.2, 0) is 9.63 Å². The molecule has 25 heavy (non-hydrogen) atoms. The van der Waals surface area contributed by atoms with Gasteiger partial charge in [0.15, 0.2) is 0 Å². The number of aromatic nitrogens is 1. The van der Waals surface area contributed by atoms with Gasteiger partial charge in [-0.15, -0.1) is 0 Å². The molecule has 0 bridgehead atoms. The van der Waals surface area contributed by atoms with Crippen molar-refractivity contribution >= 4 is 28.4 Å². The number of benzene rings is 2. The monoisotopic (exact) mass is 335 g/mol. The standard InChI is InChI=1S/C19H17N3O3/c1-25-22-18(12-17(23)20-14-8-3-2-4-9-14)21-15-10-6-5-7-13(15)11-16(21)19(22)24/h2-11,18H,12H2,1H3,(H,20,23). The topological polar surface area (TPSA) is 63.6 Å². The van der Waals surface area contributed by atoms with Crippen LogP contribution in [0.4, 0.5) is 5.69 Å². The number of nitrogens with zero attached hydrogens (tertiary/aromatic N) is 2. The minimum atomic E-state index is -0.517. The number of hydrogen-bond acceptors (Lipinski definition) is 3. The van der Waals surface area contributed by atoms with Gasteiger partial charge in [0.25, 0.3) is 5.91 Å². The molecule has 1 aliphatic rings. The molecule has 0 spiro atoms. The van der Waals surface area contributed by atoms with E-state index < -0.39 is 6.17 Å². The highest BCUT2D eigenvalue weighted by molar-refractivity contribution is 6.01. The molecular formula is C19H17N3O3. The average molecular weight is 335 g/mol. The minimum absolute atomic E-state index is 0.0974.